The van der Waals surface area contributed by atoms with Crippen molar-refractivity contribution in [1.82, 2.24) is 4.98 Å². The SMILES string of the molecule is Nc1cc(C(=O)OCc2ccc(Br)cn2)ccc1F. The molecule has 1 aromatic carbocycles. The number of esters is 1. The average molecular weight is 325 g/mol. The standard InChI is InChI=1S/C13H10BrFN2O2/c14-9-2-3-10(17-6-9)7-19-13(18)8-1-4-11(15)12(16)5-8/h1-6H,7,16H2. The maximum Gasteiger partial charge on any atom is 0.338 e. The van der Waals surface area contributed by atoms with Crippen LogP contribution in [0.15, 0.2) is 41.0 Å². The van der Waals surface area contributed by atoms with Gasteiger partial charge in [-0.2, -0.15) is 0 Å². The van der Waals surface area contributed by atoms with Crippen molar-refractivity contribution < 1.29 is 13.9 Å². The summed E-state index contributed by atoms with van der Waals surface area (Å²) in [5, 5.41) is 0. The number of carbonyl (C=O) groups excluding carboxylic acids is 1. The van der Waals surface area contributed by atoms with Crippen LogP contribution in [0.2, 0.25) is 0 Å². The van der Waals surface area contributed by atoms with E-state index < -0.39 is 11.8 Å². The topological polar surface area (TPSA) is 65.2 Å². The van der Waals surface area contributed by atoms with E-state index in [-0.39, 0.29) is 17.9 Å². The molecule has 0 bridgehead atoms. The molecule has 19 heavy (non-hydrogen) atoms. The van der Waals surface area contributed by atoms with Gasteiger partial charge < -0.3 is 10.5 Å². The molecule has 1 heterocycles. The molecule has 2 rings (SSSR count). The van der Waals surface area contributed by atoms with Crippen molar-refractivity contribution in [1.29, 1.82) is 0 Å². The summed E-state index contributed by atoms with van der Waals surface area (Å²) in [6.07, 6.45) is 1.61. The van der Waals surface area contributed by atoms with Crippen molar-refractivity contribution in [2.75, 3.05) is 5.73 Å². The molecule has 0 saturated carbocycles. The number of nitrogen functional groups attached to an aromatic ring is 1. The lowest BCUT2D eigenvalue weighted by Gasteiger charge is -2.05. The van der Waals surface area contributed by atoms with E-state index in [1.807, 2.05) is 0 Å². The Kier molecular flexibility index (Phi) is 4.11. The summed E-state index contributed by atoms with van der Waals surface area (Å²) < 4.78 is 18.9. The second-order valence-corrected chi connectivity index (χ2v) is 4.70. The van der Waals surface area contributed by atoms with Gasteiger partial charge in [0.25, 0.3) is 0 Å². The minimum atomic E-state index is -0.573. The van der Waals surface area contributed by atoms with Crippen LogP contribution in [0.4, 0.5) is 10.1 Å². The highest BCUT2D eigenvalue weighted by Gasteiger charge is 2.10. The van der Waals surface area contributed by atoms with E-state index in [0.717, 1.165) is 10.5 Å². The lowest BCUT2D eigenvalue weighted by molar-refractivity contribution is 0.0467. The van der Waals surface area contributed by atoms with Gasteiger partial charge in [0.2, 0.25) is 0 Å². The van der Waals surface area contributed by atoms with Crippen molar-refractivity contribution in [3.63, 3.8) is 0 Å². The molecule has 0 aliphatic carbocycles. The quantitative estimate of drug-likeness (QED) is 0.696. The van der Waals surface area contributed by atoms with Crippen LogP contribution in [0.3, 0.4) is 0 Å². The summed E-state index contributed by atoms with van der Waals surface area (Å²) in [6.45, 7) is 0.0450. The third-order valence-corrected chi connectivity index (χ3v) is 2.84. The number of carbonyl (C=O) groups is 1. The maximum atomic E-state index is 13.0. The Labute approximate surface area is 117 Å². The molecule has 0 atom stereocenters. The largest absolute Gasteiger partial charge is 0.456 e. The molecule has 0 amide bonds. The number of nitrogens with two attached hydrogens (primary N) is 1. The third kappa shape index (κ3) is 3.51. The van der Waals surface area contributed by atoms with Gasteiger partial charge in [-0.3, -0.25) is 4.98 Å². The minimum absolute atomic E-state index is 0.0450. The van der Waals surface area contributed by atoms with E-state index in [1.165, 1.54) is 12.1 Å². The fourth-order valence-electron chi connectivity index (χ4n) is 1.39. The van der Waals surface area contributed by atoms with E-state index in [4.69, 9.17) is 10.5 Å². The van der Waals surface area contributed by atoms with Gasteiger partial charge in [-0.25, -0.2) is 9.18 Å². The van der Waals surface area contributed by atoms with Crippen LogP contribution >= 0.6 is 15.9 Å². The van der Waals surface area contributed by atoms with E-state index in [9.17, 15) is 9.18 Å². The summed E-state index contributed by atoms with van der Waals surface area (Å²) >= 11 is 3.26. The van der Waals surface area contributed by atoms with Crippen molar-refractivity contribution in [3.05, 3.63) is 58.1 Å². The maximum absolute atomic E-state index is 13.0. The number of nitrogens with zero attached hydrogens (tertiary/aromatic N) is 1. The summed E-state index contributed by atoms with van der Waals surface area (Å²) in [5.41, 5.74) is 6.12. The van der Waals surface area contributed by atoms with E-state index in [0.29, 0.717) is 5.69 Å². The predicted octanol–water partition coefficient (Wildman–Crippen LogP) is 2.92. The number of anilines is 1. The molecule has 0 aliphatic rings. The van der Waals surface area contributed by atoms with Crippen molar-refractivity contribution in [2.45, 2.75) is 6.61 Å². The van der Waals surface area contributed by atoms with Gasteiger partial charge >= 0.3 is 5.97 Å². The van der Waals surface area contributed by atoms with E-state index >= 15 is 0 Å². The Morgan fingerprint density at radius 2 is 2.16 bits per heavy atom. The molecule has 4 nitrogen and oxygen atoms in total. The second-order valence-electron chi connectivity index (χ2n) is 3.78. The normalized spacial score (nSPS) is 10.2. The van der Waals surface area contributed by atoms with E-state index in [2.05, 4.69) is 20.9 Å². The number of hydrogen-bond acceptors (Lipinski definition) is 4. The number of benzene rings is 1. The summed E-state index contributed by atoms with van der Waals surface area (Å²) in [4.78, 5) is 15.8. The zero-order valence-electron chi connectivity index (χ0n) is 9.77. The Bertz CT molecular complexity index is 602. The third-order valence-electron chi connectivity index (χ3n) is 2.37. The Balaban J connectivity index is 2.01. The monoisotopic (exact) mass is 324 g/mol. The molecule has 6 heteroatoms. The number of aromatic nitrogens is 1. The number of pyridine rings is 1. The fraction of sp³-hybridized carbons (Fsp3) is 0.0769. The van der Waals surface area contributed by atoms with Gasteiger partial charge in [0.15, 0.2) is 0 Å². The molecule has 0 aliphatic heterocycles. The highest BCUT2D eigenvalue weighted by Crippen LogP contribution is 2.14. The molecule has 0 saturated heterocycles. The average Bonchev–Trinajstić information content (AvgIpc) is 2.41. The number of ether oxygens (including phenoxy) is 1. The van der Waals surface area contributed by atoms with Crippen LogP contribution in [0.1, 0.15) is 16.1 Å². The molecule has 0 fully saturated rings. The minimum Gasteiger partial charge on any atom is -0.456 e. The molecular weight excluding hydrogens is 315 g/mol. The lowest BCUT2D eigenvalue weighted by atomic mass is 10.2. The molecule has 1 aromatic heterocycles. The van der Waals surface area contributed by atoms with Crippen molar-refractivity contribution in [3.8, 4) is 0 Å². The van der Waals surface area contributed by atoms with Crippen LogP contribution < -0.4 is 5.73 Å². The summed E-state index contributed by atoms with van der Waals surface area (Å²) in [7, 11) is 0. The highest BCUT2D eigenvalue weighted by atomic mass is 79.9. The number of halogens is 2. The zero-order chi connectivity index (χ0) is 13.8. The first-order chi connectivity index (χ1) is 9.06. The number of rotatable bonds is 3. The molecule has 0 radical (unpaired) electrons. The molecule has 2 N–H and O–H groups in total. The highest BCUT2D eigenvalue weighted by molar-refractivity contribution is 9.10. The number of hydrogen-bond donors (Lipinski definition) is 1. The summed E-state index contributed by atoms with van der Waals surface area (Å²) in [6, 6.07) is 7.22. The van der Waals surface area contributed by atoms with Gasteiger partial charge in [0.1, 0.15) is 12.4 Å². The van der Waals surface area contributed by atoms with Gasteiger partial charge in [0.05, 0.1) is 16.9 Å². The van der Waals surface area contributed by atoms with Crippen molar-refractivity contribution in [2.24, 2.45) is 0 Å². The fourth-order valence-corrected chi connectivity index (χ4v) is 1.62. The summed E-state index contributed by atoms with van der Waals surface area (Å²) in [5.74, 6) is -1.14. The zero-order valence-corrected chi connectivity index (χ0v) is 11.4. The van der Waals surface area contributed by atoms with Crippen LogP contribution in [0, 0.1) is 5.82 Å². The van der Waals surface area contributed by atoms with Crippen molar-refractivity contribution >= 4 is 27.6 Å². The molecule has 2 aromatic rings. The molecular formula is C13H10BrFN2O2. The first-order valence-corrected chi connectivity index (χ1v) is 6.18. The molecule has 0 unspecified atom stereocenters. The van der Waals surface area contributed by atoms with Crippen LogP contribution in [0.25, 0.3) is 0 Å². The Morgan fingerprint density at radius 3 is 2.79 bits per heavy atom. The first-order valence-electron chi connectivity index (χ1n) is 5.39. The van der Waals surface area contributed by atoms with Crippen LogP contribution in [-0.2, 0) is 11.3 Å². The molecule has 98 valence electrons. The van der Waals surface area contributed by atoms with Gasteiger partial charge in [0, 0.05) is 10.7 Å². The second kappa shape index (κ2) is 5.79. The molecule has 0 spiro atoms. The Hall–Kier alpha value is -1.95. The predicted molar refractivity (Wildman–Crippen MR) is 71.9 cm³/mol. The van der Waals surface area contributed by atoms with Gasteiger partial charge in [-0.1, -0.05) is 0 Å². The van der Waals surface area contributed by atoms with E-state index in [1.54, 1.807) is 18.3 Å². The Morgan fingerprint density at radius 1 is 1.37 bits per heavy atom. The smallest absolute Gasteiger partial charge is 0.338 e. The van der Waals surface area contributed by atoms with Crippen LogP contribution in [0.5, 0.6) is 0 Å². The lowest BCUT2D eigenvalue weighted by Crippen LogP contribution is -2.07. The van der Waals surface area contributed by atoms with Gasteiger partial charge in [-0.15, -0.1) is 0 Å². The first kappa shape index (κ1) is 13.5. The van der Waals surface area contributed by atoms with Gasteiger partial charge in [-0.05, 0) is 46.3 Å². The van der Waals surface area contributed by atoms with Crippen LogP contribution in [-0.4, -0.2) is 11.0 Å².